The maximum absolute atomic E-state index is 12.7. The van der Waals surface area contributed by atoms with E-state index in [2.05, 4.69) is 45.6 Å². The van der Waals surface area contributed by atoms with E-state index in [9.17, 15) is 3.89 Å². The number of nitrogens with zero attached hydrogens (tertiary/aromatic N) is 2. The van der Waals surface area contributed by atoms with Gasteiger partial charge in [-0.2, -0.15) is 3.89 Å². The van der Waals surface area contributed by atoms with Crippen molar-refractivity contribution in [2.45, 2.75) is 85.7 Å². The normalized spacial score (nSPS) is 16.0. The highest BCUT2D eigenvalue weighted by atomic mass is 32.2. The van der Waals surface area contributed by atoms with Gasteiger partial charge in [-0.1, -0.05) is 44.9 Å². The number of allylic oxidation sites excluding steroid dienone is 3. The molecule has 0 spiro atoms. The van der Waals surface area contributed by atoms with Gasteiger partial charge in [-0.25, -0.2) is 4.99 Å². The van der Waals surface area contributed by atoms with Crippen molar-refractivity contribution in [2.24, 2.45) is 4.99 Å². The van der Waals surface area contributed by atoms with Gasteiger partial charge in [-0.3, -0.25) is 0 Å². The van der Waals surface area contributed by atoms with Crippen LogP contribution in [-0.4, -0.2) is 28.6 Å². The van der Waals surface area contributed by atoms with E-state index in [1.54, 1.807) is 0 Å². The number of halogens is 1. The first kappa shape index (κ1) is 22.2. The zero-order chi connectivity index (χ0) is 17.7. The average molecular weight is 343 g/mol. The second-order valence-corrected chi connectivity index (χ2v) is 6.60. The summed E-state index contributed by atoms with van der Waals surface area (Å²) in [5, 5.41) is 0. The summed E-state index contributed by atoms with van der Waals surface area (Å²) in [6, 6.07) is 0.917. The highest BCUT2D eigenvalue weighted by Gasteiger charge is 2.20. The van der Waals surface area contributed by atoms with Gasteiger partial charge in [-0.05, 0) is 47.0 Å². The molecule has 2 nitrogen and oxygen atoms in total. The van der Waals surface area contributed by atoms with Crippen LogP contribution in [0.2, 0.25) is 0 Å². The molecule has 0 aliphatic rings. The second kappa shape index (κ2) is 13.6. The summed E-state index contributed by atoms with van der Waals surface area (Å²) in [7, 11) is 0. The number of rotatable bonds is 11. The number of hydrogen-bond donors (Lipinski definition) is 0. The van der Waals surface area contributed by atoms with Crippen molar-refractivity contribution in [3.63, 3.8) is 0 Å². The van der Waals surface area contributed by atoms with Gasteiger partial charge >= 0.3 is 0 Å². The van der Waals surface area contributed by atoms with Crippen LogP contribution in [0.1, 0.15) is 73.6 Å². The molecular formula is C19H35FN2S. The van der Waals surface area contributed by atoms with E-state index in [1.807, 2.05) is 19.1 Å². The van der Waals surface area contributed by atoms with E-state index >= 15 is 0 Å². The highest BCUT2D eigenvalue weighted by Crippen LogP contribution is 2.18. The van der Waals surface area contributed by atoms with Crippen molar-refractivity contribution in [2.75, 3.05) is 5.75 Å². The van der Waals surface area contributed by atoms with Crippen LogP contribution in [0.3, 0.4) is 0 Å². The summed E-state index contributed by atoms with van der Waals surface area (Å²) < 4.78 is 12.7. The van der Waals surface area contributed by atoms with Gasteiger partial charge in [-0.15, -0.1) is 0 Å². The van der Waals surface area contributed by atoms with Crippen molar-refractivity contribution in [3.05, 3.63) is 23.9 Å². The lowest BCUT2D eigenvalue weighted by Crippen LogP contribution is -2.43. The van der Waals surface area contributed by atoms with Crippen molar-refractivity contribution in [1.82, 2.24) is 4.90 Å². The summed E-state index contributed by atoms with van der Waals surface area (Å²) >= 11 is 0.341. The monoisotopic (exact) mass is 342 g/mol. The van der Waals surface area contributed by atoms with E-state index in [4.69, 9.17) is 4.99 Å². The zero-order valence-electron chi connectivity index (χ0n) is 15.8. The van der Waals surface area contributed by atoms with Gasteiger partial charge in [0.25, 0.3) is 0 Å². The molecule has 23 heavy (non-hydrogen) atoms. The third kappa shape index (κ3) is 9.19. The van der Waals surface area contributed by atoms with Gasteiger partial charge in [0.1, 0.15) is 5.84 Å². The van der Waals surface area contributed by atoms with E-state index in [0.29, 0.717) is 30.0 Å². The first-order valence-electron chi connectivity index (χ1n) is 8.89. The van der Waals surface area contributed by atoms with E-state index in [1.165, 1.54) is 0 Å². The summed E-state index contributed by atoms with van der Waals surface area (Å²) in [5.41, 5.74) is 0.825. The molecule has 134 valence electrons. The van der Waals surface area contributed by atoms with Crippen molar-refractivity contribution < 1.29 is 3.89 Å². The molecule has 0 saturated carbocycles. The minimum absolute atomic E-state index is 0.313. The van der Waals surface area contributed by atoms with Crippen LogP contribution >= 0.6 is 12.1 Å². The summed E-state index contributed by atoms with van der Waals surface area (Å²) in [6.45, 7) is 13.0. The lowest BCUT2D eigenvalue weighted by atomic mass is 10.1. The predicted molar refractivity (Wildman–Crippen MR) is 105 cm³/mol. The summed E-state index contributed by atoms with van der Waals surface area (Å²) in [4.78, 5) is 7.17. The minimum Gasteiger partial charge on any atom is -0.355 e. The Bertz CT molecular complexity index is 379. The van der Waals surface area contributed by atoms with Crippen LogP contribution in [0.25, 0.3) is 0 Å². The summed E-state index contributed by atoms with van der Waals surface area (Å²) in [6.07, 6.45) is 11.5. The van der Waals surface area contributed by atoms with Gasteiger partial charge in [0.15, 0.2) is 0 Å². The molecule has 0 amide bonds. The van der Waals surface area contributed by atoms with Crippen LogP contribution in [0.5, 0.6) is 0 Å². The topological polar surface area (TPSA) is 15.6 Å². The lowest BCUT2D eigenvalue weighted by Gasteiger charge is -2.36. The van der Waals surface area contributed by atoms with Crippen molar-refractivity contribution >= 4 is 18.0 Å². The molecular weight excluding hydrogens is 307 g/mol. The first-order valence-corrected chi connectivity index (χ1v) is 9.77. The zero-order valence-corrected chi connectivity index (χ0v) is 16.6. The molecule has 0 N–H and O–H groups in total. The van der Waals surface area contributed by atoms with Crippen LogP contribution < -0.4 is 0 Å². The molecule has 0 rings (SSSR count). The Morgan fingerprint density at radius 3 is 2.17 bits per heavy atom. The maximum Gasteiger partial charge on any atom is 0.102 e. The largest absolute Gasteiger partial charge is 0.355 e. The quantitative estimate of drug-likeness (QED) is 0.240. The molecule has 0 radical (unpaired) electrons. The average Bonchev–Trinajstić information content (AvgIpc) is 2.48. The predicted octanol–water partition coefficient (Wildman–Crippen LogP) is 6.55. The number of aliphatic imine (C=N–C) groups is 1. The minimum atomic E-state index is 0.313. The molecule has 0 aromatic rings. The van der Waals surface area contributed by atoms with Crippen LogP contribution in [0, 0.1) is 0 Å². The van der Waals surface area contributed by atoms with Gasteiger partial charge in [0.05, 0.1) is 23.6 Å². The molecule has 0 aromatic heterocycles. The molecule has 0 bridgehead atoms. The van der Waals surface area contributed by atoms with Crippen molar-refractivity contribution in [3.8, 4) is 0 Å². The molecule has 0 aliphatic heterocycles. The van der Waals surface area contributed by atoms with E-state index in [0.717, 1.165) is 43.6 Å². The summed E-state index contributed by atoms with van der Waals surface area (Å²) in [5.74, 6) is 1.32. The lowest BCUT2D eigenvalue weighted by molar-refractivity contribution is 0.237. The van der Waals surface area contributed by atoms with Gasteiger partial charge < -0.3 is 4.90 Å². The van der Waals surface area contributed by atoms with Gasteiger partial charge in [0, 0.05) is 12.1 Å². The van der Waals surface area contributed by atoms with Crippen LogP contribution in [0.15, 0.2) is 28.9 Å². The fraction of sp³-hybridized carbons (Fsp3) is 0.737. The number of amidine groups is 1. The van der Waals surface area contributed by atoms with Crippen LogP contribution in [-0.2, 0) is 0 Å². The Kier molecular flexibility index (Phi) is 13.2. The SMILES string of the molecule is C/C=C/C/C=C(/CSF)N=C(C)N(C(C)CCC)C(C)CCC. The molecule has 0 heterocycles. The molecule has 2 unspecified atom stereocenters. The molecule has 0 aliphatic carbocycles. The number of hydrogen-bond acceptors (Lipinski definition) is 2. The maximum atomic E-state index is 12.7. The van der Waals surface area contributed by atoms with Crippen LogP contribution in [0.4, 0.5) is 3.89 Å². The third-order valence-corrected chi connectivity index (χ3v) is 4.37. The Labute approximate surface area is 147 Å². The Hall–Kier alpha value is -0.770. The molecule has 0 saturated heterocycles. The third-order valence-electron chi connectivity index (χ3n) is 3.97. The smallest absolute Gasteiger partial charge is 0.102 e. The van der Waals surface area contributed by atoms with E-state index in [-0.39, 0.29) is 0 Å². The molecule has 2 atom stereocenters. The molecule has 0 aromatic carbocycles. The second-order valence-electron chi connectivity index (χ2n) is 6.10. The Morgan fingerprint density at radius 1 is 1.17 bits per heavy atom. The Morgan fingerprint density at radius 2 is 1.74 bits per heavy atom. The van der Waals surface area contributed by atoms with Crippen molar-refractivity contribution in [1.29, 1.82) is 0 Å². The Balaban J connectivity index is 5.33. The first-order chi connectivity index (χ1) is 11.0. The standard InChI is InChI=1S/C19H35FN2S/c1-7-10-11-14-19(15-23-20)21-18(6)22(16(4)12-8-2)17(5)13-9-3/h7,10,14,16-17H,8-9,11-13,15H2,1-6H3/b10-7+,19-14-,21-18?. The fourth-order valence-electron chi connectivity index (χ4n) is 2.98. The molecule has 0 fully saturated rings. The van der Waals surface area contributed by atoms with Gasteiger partial charge in [0.2, 0.25) is 0 Å². The van der Waals surface area contributed by atoms with E-state index < -0.39 is 0 Å². The molecule has 4 heteroatoms. The highest BCUT2D eigenvalue weighted by molar-refractivity contribution is 7.94. The fourth-order valence-corrected chi connectivity index (χ4v) is 3.28.